The van der Waals surface area contributed by atoms with Crippen LogP contribution in [-0.2, 0) is 0 Å². The molecule has 0 aliphatic heterocycles. The van der Waals surface area contributed by atoms with E-state index in [1.807, 2.05) is 19.2 Å². The van der Waals surface area contributed by atoms with Crippen LogP contribution in [0.25, 0.3) is 0 Å². The molecule has 3 nitrogen and oxygen atoms in total. The highest BCUT2D eigenvalue weighted by Crippen LogP contribution is 2.32. The van der Waals surface area contributed by atoms with Crippen LogP contribution in [0.4, 0.5) is 5.69 Å². The number of aromatic carboxylic acids is 1. The molecule has 2 unspecified atom stereocenters. The summed E-state index contributed by atoms with van der Waals surface area (Å²) in [5.74, 6) is -0.142. The molecule has 0 spiro atoms. The van der Waals surface area contributed by atoms with E-state index in [4.69, 9.17) is 0 Å². The van der Waals surface area contributed by atoms with E-state index in [0.717, 1.165) is 28.9 Å². The molecule has 0 radical (unpaired) electrons. The van der Waals surface area contributed by atoms with Crippen molar-refractivity contribution in [3.63, 3.8) is 0 Å². The van der Waals surface area contributed by atoms with Gasteiger partial charge in [0.25, 0.3) is 0 Å². The fourth-order valence-corrected chi connectivity index (χ4v) is 3.30. The van der Waals surface area contributed by atoms with Crippen LogP contribution in [-0.4, -0.2) is 24.2 Å². The topological polar surface area (TPSA) is 40.5 Å². The zero-order chi connectivity index (χ0) is 14.0. The quantitative estimate of drug-likeness (QED) is 0.907. The van der Waals surface area contributed by atoms with Gasteiger partial charge in [-0.2, -0.15) is 0 Å². The first-order valence-corrected chi connectivity index (χ1v) is 7.54. The second kappa shape index (κ2) is 5.95. The van der Waals surface area contributed by atoms with Gasteiger partial charge in [-0.05, 0) is 37.0 Å². The van der Waals surface area contributed by atoms with Gasteiger partial charge in [0.1, 0.15) is 0 Å². The van der Waals surface area contributed by atoms with Crippen LogP contribution in [0.1, 0.15) is 43.0 Å². The third kappa shape index (κ3) is 3.30. The Kier molecular flexibility index (Phi) is 4.50. The van der Waals surface area contributed by atoms with Crippen LogP contribution in [0.2, 0.25) is 0 Å². The van der Waals surface area contributed by atoms with Crippen molar-refractivity contribution in [2.45, 2.75) is 38.6 Å². The number of rotatable bonds is 3. The summed E-state index contributed by atoms with van der Waals surface area (Å²) in [5.41, 5.74) is 1.19. The number of anilines is 1. The van der Waals surface area contributed by atoms with Gasteiger partial charge in [-0.1, -0.05) is 35.7 Å². The monoisotopic (exact) mass is 325 g/mol. The Morgan fingerprint density at radius 1 is 1.42 bits per heavy atom. The molecule has 1 aromatic rings. The smallest absolute Gasteiger partial charge is 0.337 e. The molecule has 104 valence electrons. The number of nitrogens with zero attached hydrogens (tertiary/aromatic N) is 1. The van der Waals surface area contributed by atoms with Crippen LogP contribution in [0.3, 0.4) is 0 Å². The Hall–Kier alpha value is -1.03. The first-order valence-electron chi connectivity index (χ1n) is 6.74. The molecule has 0 saturated heterocycles. The van der Waals surface area contributed by atoms with Gasteiger partial charge in [-0.15, -0.1) is 0 Å². The van der Waals surface area contributed by atoms with Crippen LogP contribution in [0.5, 0.6) is 0 Å². The second-order valence-electron chi connectivity index (χ2n) is 5.50. The fourth-order valence-electron chi connectivity index (χ4n) is 2.94. The zero-order valence-corrected chi connectivity index (χ0v) is 13.0. The molecule has 0 heterocycles. The summed E-state index contributed by atoms with van der Waals surface area (Å²) < 4.78 is 0.805. The van der Waals surface area contributed by atoms with Gasteiger partial charge in [0.2, 0.25) is 0 Å². The normalized spacial score (nSPS) is 23.1. The van der Waals surface area contributed by atoms with Crippen molar-refractivity contribution >= 4 is 27.6 Å². The fraction of sp³-hybridized carbons (Fsp3) is 0.533. The van der Waals surface area contributed by atoms with E-state index in [-0.39, 0.29) is 0 Å². The SMILES string of the molecule is CC1CCCC(N(C)c2ccc(Br)cc2C(=O)O)C1. The Morgan fingerprint density at radius 2 is 2.16 bits per heavy atom. The highest BCUT2D eigenvalue weighted by Gasteiger charge is 2.25. The van der Waals surface area contributed by atoms with Crippen molar-refractivity contribution < 1.29 is 9.90 Å². The van der Waals surface area contributed by atoms with Gasteiger partial charge in [0.15, 0.2) is 0 Å². The van der Waals surface area contributed by atoms with E-state index in [9.17, 15) is 9.90 Å². The Balaban J connectivity index is 2.27. The number of carboxylic acid groups (broad SMARTS) is 1. The maximum Gasteiger partial charge on any atom is 0.337 e. The van der Waals surface area contributed by atoms with Gasteiger partial charge in [0.05, 0.1) is 11.3 Å². The zero-order valence-electron chi connectivity index (χ0n) is 11.4. The lowest BCUT2D eigenvalue weighted by Crippen LogP contribution is -2.36. The van der Waals surface area contributed by atoms with Gasteiger partial charge >= 0.3 is 5.97 Å². The number of hydrogen-bond acceptors (Lipinski definition) is 2. The number of halogens is 1. The number of carboxylic acids is 1. The molecule has 0 bridgehead atoms. The summed E-state index contributed by atoms with van der Waals surface area (Å²) in [6.45, 7) is 2.28. The van der Waals surface area contributed by atoms with Crippen molar-refractivity contribution in [1.29, 1.82) is 0 Å². The van der Waals surface area contributed by atoms with Crippen LogP contribution in [0.15, 0.2) is 22.7 Å². The van der Waals surface area contributed by atoms with Gasteiger partial charge in [-0.25, -0.2) is 4.79 Å². The minimum absolute atomic E-state index is 0.370. The summed E-state index contributed by atoms with van der Waals surface area (Å²) in [4.78, 5) is 13.5. The Morgan fingerprint density at radius 3 is 2.79 bits per heavy atom. The average molecular weight is 326 g/mol. The summed E-state index contributed by atoms with van der Waals surface area (Å²) >= 11 is 3.34. The summed E-state index contributed by atoms with van der Waals surface area (Å²) in [6, 6.07) is 5.93. The third-order valence-corrected chi connectivity index (χ3v) is 4.52. The molecule has 1 aliphatic rings. The maximum absolute atomic E-state index is 11.4. The second-order valence-corrected chi connectivity index (χ2v) is 6.42. The number of benzene rings is 1. The highest BCUT2D eigenvalue weighted by atomic mass is 79.9. The summed E-state index contributed by atoms with van der Waals surface area (Å²) in [5, 5.41) is 9.34. The van der Waals surface area contributed by atoms with Gasteiger partial charge < -0.3 is 10.0 Å². The molecule has 2 rings (SSSR count). The van der Waals surface area contributed by atoms with Crippen molar-refractivity contribution in [1.82, 2.24) is 0 Å². The summed E-state index contributed by atoms with van der Waals surface area (Å²) in [7, 11) is 2.01. The van der Waals surface area contributed by atoms with E-state index in [1.54, 1.807) is 6.07 Å². The van der Waals surface area contributed by atoms with E-state index in [0.29, 0.717) is 11.6 Å². The van der Waals surface area contributed by atoms with Crippen LogP contribution < -0.4 is 4.90 Å². The first-order chi connectivity index (χ1) is 8.99. The maximum atomic E-state index is 11.4. The summed E-state index contributed by atoms with van der Waals surface area (Å²) in [6.07, 6.45) is 4.81. The predicted octanol–water partition coefficient (Wildman–Crippen LogP) is 4.16. The standard InChI is InChI=1S/C15H20BrNO2/c1-10-4-3-5-12(8-10)17(2)14-7-6-11(16)9-13(14)15(18)19/h6-7,9-10,12H,3-5,8H2,1-2H3,(H,18,19). The third-order valence-electron chi connectivity index (χ3n) is 4.03. The molecular formula is C15H20BrNO2. The minimum atomic E-state index is -0.869. The molecule has 1 aliphatic carbocycles. The Labute approximate surface area is 122 Å². The molecule has 1 aromatic carbocycles. The van der Waals surface area contributed by atoms with Crippen LogP contribution >= 0.6 is 15.9 Å². The molecule has 2 atom stereocenters. The molecule has 0 aromatic heterocycles. The molecule has 1 fully saturated rings. The first kappa shape index (κ1) is 14.4. The van der Waals surface area contributed by atoms with E-state index in [2.05, 4.69) is 27.8 Å². The lowest BCUT2D eigenvalue weighted by molar-refractivity contribution is 0.0697. The van der Waals surface area contributed by atoms with E-state index in [1.165, 1.54) is 12.8 Å². The molecule has 0 amide bonds. The molecular weight excluding hydrogens is 306 g/mol. The van der Waals surface area contributed by atoms with E-state index >= 15 is 0 Å². The molecule has 4 heteroatoms. The van der Waals surface area contributed by atoms with Crippen molar-refractivity contribution in [2.24, 2.45) is 5.92 Å². The number of carbonyl (C=O) groups is 1. The lowest BCUT2D eigenvalue weighted by atomic mass is 9.86. The van der Waals surface area contributed by atoms with Crippen molar-refractivity contribution in [2.75, 3.05) is 11.9 Å². The lowest BCUT2D eigenvalue weighted by Gasteiger charge is -2.36. The minimum Gasteiger partial charge on any atom is -0.478 e. The average Bonchev–Trinajstić information content (AvgIpc) is 2.37. The number of hydrogen-bond donors (Lipinski definition) is 1. The largest absolute Gasteiger partial charge is 0.478 e. The molecule has 19 heavy (non-hydrogen) atoms. The van der Waals surface area contributed by atoms with Crippen molar-refractivity contribution in [3.8, 4) is 0 Å². The predicted molar refractivity (Wildman–Crippen MR) is 80.9 cm³/mol. The Bertz CT molecular complexity index is 475. The van der Waals surface area contributed by atoms with Crippen LogP contribution in [0, 0.1) is 5.92 Å². The van der Waals surface area contributed by atoms with Crippen molar-refractivity contribution in [3.05, 3.63) is 28.2 Å². The van der Waals surface area contributed by atoms with Gasteiger partial charge in [-0.3, -0.25) is 0 Å². The van der Waals surface area contributed by atoms with E-state index < -0.39 is 5.97 Å². The van der Waals surface area contributed by atoms with Gasteiger partial charge in [0, 0.05) is 17.6 Å². The molecule has 1 saturated carbocycles. The molecule has 1 N–H and O–H groups in total. The highest BCUT2D eigenvalue weighted by molar-refractivity contribution is 9.10.